The van der Waals surface area contributed by atoms with Gasteiger partial charge in [-0.3, -0.25) is 4.79 Å². The molecule has 88 valence electrons. The summed E-state index contributed by atoms with van der Waals surface area (Å²) in [4.78, 5) is 11.5. The first kappa shape index (κ1) is 12.5. The molecule has 0 radical (unpaired) electrons. The summed E-state index contributed by atoms with van der Waals surface area (Å²) in [5.41, 5.74) is 5.81. The molecule has 0 aromatic heterocycles. The van der Waals surface area contributed by atoms with Crippen molar-refractivity contribution >= 4 is 5.91 Å². The first-order valence-electron chi connectivity index (χ1n) is 6.27. The molecule has 0 heterocycles. The van der Waals surface area contributed by atoms with E-state index >= 15 is 0 Å². The number of carbonyl (C=O) groups is 1. The van der Waals surface area contributed by atoms with Crippen molar-refractivity contribution in [3.8, 4) is 0 Å². The minimum atomic E-state index is 0.226. The Bertz CT molecular complexity index is 186. The number of rotatable bonds is 5. The number of amides is 1. The zero-order chi connectivity index (χ0) is 11.1. The number of hydrogen-bond acceptors (Lipinski definition) is 2. The maximum Gasteiger partial charge on any atom is 0.220 e. The fourth-order valence-electron chi connectivity index (χ4n) is 2.10. The third kappa shape index (κ3) is 5.17. The van der Waals surface area contributed by atoms with Gasteiger partial charge in [0.2, 0.25) is 5.91 Å². The van der Waals surface area contributed by atoms with Crippen molar-refractivity contribution in [1.29, 1.82) is 0 Å². The Hall–Kier alpha value is -0.570. The van der Waals surface area contributed by atoms with E-state index in [2.05, 4.69) is 12.2 Å². The molecule has 0 aliphatic heterocycles. The summed E-state index contributed by atoms with van der Waals surface area (Å²) in [6.45, 7) is 2.15. The van der Waals surface area contributed by atoms with Gasteiger partial charge in [0.25, 0.3) is 0 Å². The summed E-state index contributed by atoms with van der Waals surface area (Å²) in [6.07, 6.45) is 8.26. The van der Waals surface area contributed by atoms with E-state index in [9.17, 15) is 4.79 Å². The Balaban J connectivity index is 2.09. The zero-order valence-electron chi connectivity index (χ0n) is 9.80. The van der Waals surface area contributed by atoms with E-state index in [-0.39, 0.29) is 5.91 Å². The molecule has 1 amide bonds. The molecule has 3 heteroatoms. The van der Waals surface area contributed by atoms with Gasteiger partial charge >= 0.3 is 0 Å². The third-order valence-corrected chi connectivity index (χ3v) is 3.14. The molecule has 0 spiro atoms. The number of hydrogen-bond donors (Lipinski definition) is 2. The third-order valence-electron chi connectivity index (χ3n) is 3.14. The maximum atomic E-state index is 11.5. The van der Waals surface area contributed by atoms with E-state index in [1.54, 1.807) is 0 Å². The highest BCUT2D eigenvalue weighted by atomic mass is 16.1. The lowest BCUT2D eigenvalue weighted by Gasteiger charge is -2.26. The topological polar surface area (TPSA) is 55.1 Å². The van der Waals surface area contributed by atoms with E-state index < -0.39 is 0 Å². The fraction of sp³-hybridized carbons (Fsp3) is 0.917. The largest absolute Gasteiger partial charge is 0.353 e. The minimum Gasteiger partial charge on any atom is -0.353 e. The van der Waals surface area contributed by atoms with Crippen LogP contribution in [-0.2, 0) is 4.79 Å². The molecule has 0 aromatic carbocycles. The van der Waals surface area contributed by atoms with E-state index in [1.807, 2.05) is 0 Å². The second kappa shape index (κ2) is 6.83. The smallest absolute Gasteiger partial charge is 0.220 e. The highest BCUT2D eigenvalue weighted by Crippen LogP contribution is 2.17. The van der Waals surface area contributed by atoms with Crippen LogP contribution in [0.2, 0.25) is 0 Å². The fourth-order valence-corrected chi connectivity index (χ4v) is 2.10. The van der Waals surface area contributed by atoms with Crippen molar-refractivity contribution in [3.05, 3.63) is 0 Å². The van der Waals surface area contributed by atoms with Gasteiger partial charge in [-0.15, -0.1) is 0 Å². The number of nitrogens with one attached hydrogen (secondary N) is 1. The van der Waals surface area contributed by atoms with E-state index in [4.69, 9.17) is 5.73 Å². The van der Waals surface area contributed by atoms with E-state index in [0.717, 1.165) is 38.5 Å². The second-order valence-electron chi connectivity index (χ2n) is 4.64. The summed E-state index contributed by atoms with van der Waals surface area (Å²) < 4.78 is 0. The van der Waals surface area contributed by atoms with Crippen LogP contribution in [0.5, 0.6) is 0 Å². The van der Waals surface area contributed by atoms with Crippen LogP contribution in [0.15, 0.2) is 0 Å². The first-order chi connectivity index (χ1) is 7.22. The van der Waals surface area contributed by atoms with Gasteiger partial charge in [0.15, 0.2) is 0 Å². The van der Waals surface area contributed by atoms with Gasteiger partial charge in [0, 0.05) is 18.5 Å². The lowest BCUT2D eigenvalue weighted by atomic mass is 9.92. The quantitative estimate of drug-likeness (QED) is 0.684. The van der Waals surface area contributed by atoms with Gasteiger partial charge in [-0.1, -0.05) is 19.8 Å². The van der Waals surface area contributed by atoms with Crippen LogP contribution in [-0.4, -0.2) is 18.0 Å². The van der Waals surface area contributed by atoms with Crippen LogP contribution >= 0.6 is 0 Å². The molecule has 1 fully saturated rings. The molecule has 15 heavy (non-hydrogen) atoms. The summed E-state index contributed by atoms with van der Waals surface area (Å²) in [7, 11) is 0. The van der Waals surface area contributed by atoms with Crippen LogP contribution in [0, 0.1) is 0 Å². The lowest BCUT2D eigenvalue weighted by molar-refractivity contribution is -0.122. The summed E-state index contributed by atoms with van der Waals surface area (Å²) >= 11 is 0. The van der Waals surface area contributed by atoms with Crippen molar-refractivity contribution in [2.45, 2.75) is 70.4 Å². The highest BCUT2D eigenvalue weighted by molar-refractivity contribution is 5.76. The molecule has 3 N–H and O–H groups in total. The monoisotopic (exact) mass is 212 g/mol. The standard InChI is InChI=1S/C12H24N2O/c1-2-3-4-5-12(15)14-11-8-6-10(13)7-9-11/h10-11H,2-9,13H2,1H3,(H,14,15). The van der Waals surface area contributed by atoms with Crippen LogP contribution in [0.1, 0.15) is 58.3 Å². The van der Waals surface area contributed by atoms with Crippen LogP contribution in [0.4, 0.5) is 0 Å². The van der Waals surface area contributed by atoms with Crippen molar-refractivity contribution < 1.29 is 4.79 Å². The van der Waals surface area contributed by atoms with Gasteiger partial charge < -0.3 is 11.1 Å². The predicted octanol–water partition coefficient (Wildman–Crippen LogP) is 1.95. The van der Waals surface area contributed by atoms with Gasteiger partial charge in [-0.05, 0) is 32.1 Å². The first-order valence-corrected chi connectivity index (χ1v) is 6.27. The van der Waals surface area contributed by atoms with Crippen molar-refractivity contribution in [2.24, 2.45) is 5.73 Å². The zero-order valence-corrected chi connectivity index (χ0v) is 9.80. The molecule has 0 bridgehead atoms. The summed E-state index contributed by atoms with van der Waals surface area (Å²) in [6, 6.07) is 0.747. The van der Waals surface area contributed by atoms with Crippen LogP contribution in [0.3, 0.4) is 0 Å². The molecule has 1 aliphatic carbocycles. The number of unbranched alkanes of at least 4 members (excludes halogenated alkanes) is 2. The average molecular weight is 212 g/mol. The second-order valence-corrected chi connectivity index (χ2v) is 4.64. The predicted molar refractivity (Wildman–Crippen MR) is 62.5 cm³/mol. The van der Waals surface area contributed by atoms with Crippen LogP contribution in [0.25, 0.3) is 0 Å². The van der Waals surface area contributed by atoms with Crippen molar-refractivity contribution in [1.82, 2.24) is 5.32 Å². The lowest BCUT2D eigenvalue weighted by Crippen LogP contribution is -2.40. The van der Waals surface area contributed by atoms with Crippen LogP contribution < -0.4 is 11.1 Å². The summed E-state index contributed by atoms with van der Waals surface area (Å²) in [5, 5.41) is 3.10. The molecule has 1 rings (SSSR count). The van der Waals surface area contributed by atoms with Gasteiger partial charge in [-0.2, -0.15) is 0 Å². The Labute approximate surface area is 92.8 Å². The Kier molecular flexibility index (Phi) is 5.69. The SMILES string of the molecule is CCCCCC(=O)NC1CCC(N)CC1. The van der Waals surface area contributed by atoms with E-state index in [0.29, 0.717) is 18.5 Å². The maximum absolute atomic E-state index is 11.5. The van der Waals surface area contributed by atoms with Gasteiger partial charge in [-0.25, -0.2) is 0 Å². The molecule has 3 nitrogen and oxygen atoms in total. The molecule has 0 unspecified atom stereocenters. The average Bonchev–Trinajstić information content (AvgIpc) is 2.22. The van der Waals surface area contributed by atoms with Crippen molar-refractivity contribution in [2.75, 3.05) is 0 Å². The Morgan fingerprint density at radius 1 is 1.27 bits per heavy atom. The number of nitrogens with two attached hydrogens (primary N) is 1. The summed E-state index contributed by atoms with van der Waals surface area (Å²) in [5.74, 6) is 0.226. The molecular weight excluding hydrogens is 188 g/mol. The molecule has 1 saturated carbocycles. The molecule has 0 saturated heterocycles. The minimum absolute atomic E-state index is 0.226. The highest BCUT2D eigenvalue weighted by Gasteiger charge is 2.19. The van der Waals surface area contributed by atoms with E-state index in [1.165, 1.54) is 6.42 Å². The molecular formula is C12H24N2O. The normalized spacial score (nSPS) is 26.3. The number of carbonyl (C=O) groups excluding carboxylic acids is 1. The molecule has 0 aromatic rings. The Morgan fingerprint density at radius 2 is 1.93 bits per heavy atom. The van der Waals surface area contributed by atoms with Gasteiger partial charge in [0.1, 0.15) is 0 Å². The Morgan fingerprint density at radius 3 is 2.53 bits per heavy atom. The molecule has 1 aliphatic rings. The van der Waals surface area contributed by atoms with Crippen molar-refractivity contribution in [3.63, 3.8) is 0 Å². The van der Waals surface area contributed by atoms with Gasteiger partial charge in [0.05, 0.1) is 0 Å². The molecule has 0 atom stereocenters.